The summed E-state index contributed by atoms with van der Waals surface area (Å²) in [4.78, 5) is 46.4. The highest BCUT2D eigenvalue weighted by atomic mass is 16.6. The van der Waals surface area contributed by atoms with E-state index in [1.54, 1.807) is 19.1 Å². The molecule has 12 atom stereocenters. The molecule has 6 aromatic rings. The van der Waals surface area contributed by atoms with Crippen molar-refractivity contribution in [1.82, 2.24) is 0 Å². The molecule has 14 rings (SSSR count). The molecule has 12 heteroatoms. The number of carbonyl (C=O) groups is 2. The smallest absolute Gasteiger partial charge is 0.340 e. The number of allylic oxidation sites excluding steroid dienone is 4. The first-order chi connectivity index (χ1) is 43.0. The van der Waals surface area contributed by atoms with E-state index >= 15 is 9.59 Å². The van der Waals surface area contributed by atoms with Gasteiger partial charge < -0.3 is 43.8 Å². The lowest BCUT2D eigenvalue weighted by molar-refractivity contribution is -0.202. The lowest BCUT2D eigenvalue weighted by Crippen LogP contribution is -2.60. The fourth-order valence-electron chi connectivity index (χ4n) is 17.3. The van der Waals surface area contributed by atoms with Crippen molar-refractivity contribution in [2.75, 3.05) is 26.6 Å². The van der Waals surface area contributed by atoms with Gasteiger partial charge in [0.15, 0.2) is 17.8 Å². The van der Waals surface area contributed by atoms with Crippen molar-refractivity contribution in [3.05, 3.63) is 216 Å². The maximum atomic E-state index is 16.0. The molecule has 4 N–H and O–H groups in total. The number of hydrogen-bond donors (Lipinski definition) is 4. The van der Waals surface area contributed by atoms with E-state index in [9.17, 15) is 25.2 Å². The molecular weight excluding hydrogens is 1100 g/mol. The minimum Gasteiger partial charge on any atom is -0.481 e. The number of carbonyl (C=O) groups excluding carboxylic acids is 2. The zero-order valence-corrected chi connectivity index (χ0v) is 49.8. The molecule has 5 bridgehead atoms. The second-order valence-electron chi connectivity index (χ2n) is 26.0. The second kappa shape index (κ2) is 24.1. The largest absolute Gasteiger partial charge is 0.481 e. The fourth-order valence-corrected chi connectivity index (χ4v) is 17.3. The van der Waals surface area contributed by atoms with Gasteiger partial charge in [0.25, 0.3) is 0 Å². The molecule has 2 fully saturated rings. The zero-order chi connectivity index (χ0) is 60.3. The van der Waals surface area contributed by atoms with Gasteiger partial charge in [0.1, 0.15) is 18.1 Å². The van der Waals surface area contributed by atoms with Gasteiger partial charge in [-0.1, -0.05) is 152 Å². The molecule has 3 aliphatic heterocycles. The summed E-state index contributed by atoms with van der Waals surface area (Å²) < 4.78 is 33.8. The summed E-state index contributed by atoms with van der Waals surface area (Å²) in [6.07, 6.45) is 18.6. The number of aryl methyl sites for hydroxylation is 1. The van der Waals surface area contributed by atoms with Gasteiger partial charge in [0, 0.05) is 65.1 Å². The molecule has 4 heterocycles. The van der Waals surface area contributed by atoms with E-state index in [0.717, 1.165) is 41.5 Å². The Bertz CT molecular complexity index is 3980. The summed E-state index contributed by atoms with van der Waals surface area (Å²) in [5.41, 5.74) is 9.32. The number of aliphatic hydroxyl groups is 4. The van der Waals surface area contributed by atoms with Crippen LogP contribution in [0.1, 0.15) is 174 Å². The van der Waals surface area contributed by atoms with E-state index in [2.05, 4.69) is 133 Å². The van der Waals surface area contributed by atoms with Gasteiger partial charge in [-0.05, 0) is 155 Å². The molecule has 5 aliphatic carbocycles. The van der Waals surface area contributed by atoms with E-state index in [0.29, 0.717) is 49.0 Å². The van der Waals surface area contributed by atoms with E-state index in [1.165, 1.54) is 34.2 Å². The number of esters is 2. The molecule has 88 heavy (non-hydrogen) atoms. The Kier molecular flexibility index (Phi) is 15.9. The molecule has 8 aliphatic rings. The Balaban J connectivity index is 0.950. The maximum Gasteiger partial charge on any atom is 0.340 e. The van der Waals surface area contributed by atoms with Gasteiger partial charge in [-0.15, -0.1) is 0 Å². The normalized spacial score (nSPS) is 29.3. The van der Waals surface area contributed by atoms with Crippen molar-refractivity contribution in [2.45, 2.75) is 144 Å². The summed E-state index contributed by atoms with van der Waals surface area (Å²) >= 11 is 0. The van der Waals surface area contributed by atoms with E-state index in [4.69, 9.17) is 23.4 Å². The van der Waals surface area contributed by atoms with Crippen LogP contribution in [0.4, 0.5) is 0 Å². The number of fused-ring (bicyclic) bond motifs is 15. The first-order valence-electron chi connectivity index (χ1n) is 31.9. The zero-order valence-electron chi connectivity index (χ0n) is 49.8. The van der Waals surface area contributed by atoms with E-state index in [1.807, 2.05) is 6.07 Å². The number of benzene rings is 5. The van der Waals surface area contributed by atoms with Gasteiger partial charge in [0.2, 0.25) is 0 Å². The lowest BCUT2D eigenvalue weighted by Gasteiger charge is -2.49. The molecule has 0 radical (unpaired) electrons. The molecule has 12 nitrogen and oxygen atoms in total. The Morgan fingerprint density at radius 2 is 1.66 bits per heavy atom. The highest BCUT2D eigenvalue weighted by Gasteiger charge is 2.62. The van der Waals surface area contributed by atoms with Gasteiger partial charge in [0.05, 0.1) is 31.8 Å². The molecule has 0 spiro atoms. The van der Waals surface area contributed by atoms with Crippen LogP contribution < -0.4 is 10.4 Å². The van der Waals surface area contributed by atoms with Crippen LogP contribution in [0.25, 0.3) is 23.1 Å². The molecule has 2 saturated carbocycles. The third-order valence-corrected chi connectivity index (χ3v) is 21.5. The Morgan fingerprint density at radius 1 is 0.807 bits per heavy atom. The van der Waals surface area contributed by atoms with Crippen molar-refractivity contribution in [1.29, 1.82) is 0 Å². The first-order valence-corrected chi connectivity index (χ1v) is 31.9. The summed E-state index contributed by atoms with van der Waals surface area (Å²) in [7, 11) is 0. The Morgan fingerprint density at radius 3 is 2.51 bits per heavy atom. The standard InChI is InChI=1S/C76H76O12/c1-45(41-78)58-26-19-46-20-27-60-51(35-46)13-6-9-33-76(57-38-52-22-21-47-11-2-4-17-59(47)63(52)40-57)72(87-73(58)82)71(69-66(88-76)30-29-62-64(42-79)68(74(83)86-70(62)69)53(31-34-77)43-84-44-80)85-67(81)39-54-36-50(24-28-61(54)60)49-14-10-16-56(37-49)75-32-8-7-15-55(75)25-23-48-12-3-5-18-65(48)75/h2-5,10-12,14,16-18,20-25,27-30,35,37,50,52-55,57,61,63,71-72,77-80H,7-8,13,15,19,26,31-34,36,38-44H2,1H3. The van der Waals surface area contributed by atoms with Gasteiger partial charge >= 0.3 is 17.6 Å². The van der Waals surface area contributed by atoms with Crippen molar-refractivity contribution in [3.8, 4) is 17.6 Å². The number of hydrogen-bond acceptors (Lipinski definition) is 12. The van der Waals surface area contributed by atoms with Crippen molar-refractivity contribution >= 4 is 35.1 Å². The van der Waals surface area contributed by atoms with E-state index < -0.39 is 61.3 Å². The van der Waals surface area contributed by atoms with Crippen LogP contribution in [0.2, 0.25) is 0 Å². The minimum atomic E-state index is -1.48. The van der Waals surface area contributed by atoms with E-state index in [-0.39, 0.29) is 113 Å². The highest BCUT2D eigenvalue weighted by Crippen LogP contribution is 2.59. The molecule has 12 unspecified atom stereocenters. The van der Waals surface area contributed by atoms with Crippen LogP contribution in [0.5, 0.6) is 5.75 Å². The third-order valence-electron chi connectivity index (χ3n) is 21.5. The van der Waals surface area contributed by atoms with Crippen LogP contribution in [0.15, 0.2) is 148 Å². The second-order valence-corrected chi connectivity index (χ2v) is 26.0. The average molecular weight is 1180 g/mol. The minimum absolute atomic E-state index is 0.0206. The number of ether oxygens (including phenoxy) is 4. The maximum absolute atomic E-state index is 16.0. The fraction of sp³-hybridized carbons (Fsp3) is 0.408. The molecule has 0 saturated heterocycles. The molecular formula is C76H76O12. The Labute approximate surface area is 513 Å². The average Bonchev–Trinajstić information content (AvgIpc) is 1.01. The summed E-state index contributed by atoms with van der Waals surface area (Å²) in [5, 5.41) is 42.4. The molecule has 5 aromatic carbocycles. The monoisotopic (exact) mass is 1180 g/mol. The molecule has 452 valence electrons. The lowest BCUT2D eigenvalue weighted by atomic mass is 9.56. The SMILES string of the molecule is CC(CO)=C1CCc2ccc3c(c2)CC#CCC2(C4CC5C=Cc6ccccc6C5C4)Oc4ccc5c(CO)c(C(CCO)COCO)c(=O)oc5c4C(OC(=O)CC4CC(c5cccc(C67CCCCC6C=Cc6ccccc67)c5)C=CC34)C2OC1=O. The number of rotatable bonds is 11. The van der Waals surface area contributed by atoms with Crippen LogP contribution in [0.3, 0.4) is 0 Å². The predicted octanol–water partition coefficient (Wildman–Crippen LogP) is 12.4. The topological polar surface area (TPSA) is 182 Å². The summed E-state index contributed by atoms with van der Waals surface area (Å²) in [6.45, 7) is -0.397. The van der Waals surface area contributed by atoms with Crippen LogP contribution >= 0.6 is 0 Å². The van der Waals surface area contributed by atoms with Crippen molar-refractivity contribution in [2.24, 2.45) is 23.7 Å². The van der Waals surface area contributed by atoms with Crippen molar-refractivity contribution < 1.29 is 53.4 Å². The Hall–Kier alpha value is -7.63. The van der Waals surface area contributed by atoms with Crippen LogP contribution in [0, 0.1) is 35.5 Å². The summed E-state index contributed by atoms with van der Waals surface area (Å²) in [6, 6.07) is 36.4. The number of aliphatic hydroxyl groups excluding tert-OH is 4. The third kappa shape index (κ3) is 10.0. The van der Waals surface area contributed by atoms with Crippen molar-refractivity contribution in [3.63, 3.8) is 0 Å². The molecule has 1 aromatic heterocycles. The van der Waals surface area contributed by atoms with Gasteiger partial charge in [-0.2, -0.15) is 0 Å². The van der Waals surface area contributed by atoms with Gasteiger partial charge in [-0.25, -0.2) is 9.59 Å². The predicted molar refractivity (Wildman–Crippen MR) is 335 cm³/mol. The molecule has 0 amide bonds. The first kappa shape index (κ1) is 58.1. The van der Waals surface area contributed by atoms with Crippen LogP contribution in [-0.4, -0.2) is 70.7 Å². The van der Waals surface area contributed by atoms with Crippen LogP contribution in [-0.2, 0) is 48.7 Å². The quantitative estimate of drug-likeness (QED) is 0.0241. The summed E-state index contributed by atoms with van der Waals surface area (Å²) in [5.74, 6) is 5.13. The van der Waals surface area contributed by atoms with Gasteiger partial charge in [-0.3, -0.25) is 4.79 Å². The highest BCUT2D eigenvalue weighted by molar-refractivity contribution is 5.91.